The molecule has 2 aromatic carbocycles. The highest BCUT2D eigenvalue weighted by Gasteiger charge is 2.43. The van der Waals surface area contributed by atoms with E-state index >= 15 is 0 Å². The third kappa shape index (κ3) is 2.90. The quantitative estimate of drug-likeness (QED) is 0.431. The second-order valence-corrected chi connectivity index (χ2v) is 15.0. The zero-order valence-electron chi connectivity index (χ0n) is 20.2. The predicted molar refractivity (Wildman–Crippen MR) is 143 cm³/mol. The molecule has 4 aliphatic rings. The molecule has 0 amide bonds. The summed E-state index contributed by atoms with van der Waals surface area (Å²) in [5.41, 5.74) is 13.3. The van der Waals surface area contributed by atoms with Gasteiger partial charge in [0.15, 0.2) is 0 Å². The fourth-order valence-corrected chi connectivity index (χ4v) is 10.4. The Hall–Kier alpha value is -3.10. The molecule has 1 aliphatic heterocycles. The van der Waals surface area contributed by atoms with Gasteiger partial charge in [0.2, 0.25) is 0 Å². The Labute approximate surface area is 198 Å². The molecule has 2 aromatic rings. The third-order valence-corrected chi connectivity index (χ3v) is 12.2. The van der Waals surface area contributed by atoms with Crippen molar-refractivity contribution >= 4 is 19.8 Å². The van der Waals surface area contributed by atoms with E-state index in [1.165, 1.54) is 50.5 Å². The molecular weight excluding hydrogens is 414 g/mol. The Morgan fingerprint density at radius 1 is 0.848 bits per heavy atom. The van der Waals surface area contributed by atoms with Crippen LogP contribution in [0.2, 0.25) is 13.1 Å². The van der Waals surface area contributed by atoms with Crippen molar-refractivity contribution in [1.29, 1.82) is 0 Å². The standard InChI is InChI=1S/C31H31NSi/c1-20-17-24-18-27-21(2)22(3)32(25-12-7-6-8-13-25)29(27)19-28(24)31(20)33(4,5)30-16-15-23-11-9-10-14-26(23)30/h6-19,27,30H,1-5H3. The molecule has 0 aromatic heterocycles. The summed E-state index contributed by atoms with van der Waals surface area (Å²) < 4.78 is 0. The van der Waals surface area contributed by atoms with Crippen LogP contribution in [-0.2, 0) is 0 Å². The molecule has 0 radical (unpaired) electrons. The van der Waals surface area contributed by atoms with Crippen LogP contribution in [-0.4, -0.2) is 8.07 Å². The molecule has 0 saturated carbocycles. The maximum absolute atomic E-state index is 2.57. The van der Waals surface area contributed by atoms with Crippen LogP contribution in [0, 0.1) is 5.92 Å². The molecule has 164 valence electrons. The van der Waals surface area contributed by atoms with E-state index in [0.29, 0.717) is 11.5 Å². The molecule has 0 bridgehead atoms. The van der Waals surface area contributed by atoms with Gasteiger partial charge in [-0.15, -0.1) is 0 Å². The van der Waals surface area contributed by atoms with Crippen molar-refractivity contribution in [2.75, 3.05) is 4.90 Å². The first-order chi connectivity index (χ1) is 15.9. The minimum absolute atomic E-state index is 0.365. The summed E-state index contributed by atoms with van der Waals surface area (Å²) in [6.45, 7) is 12.0. The monoisotopic (exact) mass is 445 g/mol. The lowest BCUT2D eigenvalue weighted by Gasteiger charge is -2.34. The fraction of sp³-hybridized carbons (Fsp3) is 0.226. The van der Waals surface area contributed by atoms with Crippen molar-refractivity contribution < 1.29 is 0 Å². The average Bonchev–Trinajstić information content (AvgIpc) is 3.45. The van der Waals surface area contributed by atoms with E-state index in [9.17, 15) is 0 Å². The van der Waals surface area contributed by atoms with Gasteiger partial charge in [0.1, 0.15) is 0 Å². The van der Waals surface area contributed by atoms with Gasteiger partial charge in [0.05, 0.1) is 8.07 Å². The summed E-state index contributed by atoms with van der Waals surface area (Å²) in [7, 11) is -1.83. The number of hydrogen-bond donors (Lipinski definition) is 0. The van der Waals surface area contributed by atoms with Crippen LogP contribution >= 0.6 is 0 Å². The Balaban J connectivity index is 1.50. The van der Waals surface area contributed by atoms with Gasteiger partial charge in [0.25, 0.3) is 0 Å². The summed E-state index contributed by atoms with van der Waals surface area (Å²) in [5, 5.41) is 1.63. The number of nitrogens with zero attached hydrogens (tertiary/aromatic N) is 1. The van der Waals surface area contributed by atoms with Crippen LogP contribution in [0.15, 0.2) is 118 Å². The highest BCUT2D eigenvalue weighted by Crippen LogP contribution is 2.51. The van der Waals surface area contributed by atoms with Crippen LogP contribution in [0.25, 0.3) is 6.08 Å². The largest absolute Gasteiger partial charge is 0.317 e. The molecular formula is C31H31NSi. The topological polar surface area (TPSA) is 3.24 Å². The average molecular weight is 446 g/mol. The normalized spacial score (nSPS) is 23.4. The molecule has 6 rings (SSSR count). The smallest absolute Gasteiger partial charge is 0.0931 e. The molecule has 33 heavy (non-hydrogen) atoms. The van der Waals surface area contributed by atoms with E-state index in [0.717, 1.165) is 0 Å². The molecule has 0 fully saturated rings. The SMILES string of the molecule is CC1=CC2=CC3C(=CC2=C1[Si](C)(C)C1C=Cc2ccccc21)N(c1ccccc1)C(C)=C3C. The Kier molecular flexibility index (Phi) is 4.47. The van der Waals surface area contributed by atoms with E-state index in [4.69, 9.17) is 0 Å². The van der Waals surface area contributed by atoms with Gasteiger partial charge >= 0.3 is 0 Å². The van der Waals surface area contributed by atoms with E-state index < -0.39 is 8.07 Å². The molecule has 0 N–H and O–H groups in total. The summed E-state index contributed by atoms with van der Waals surface area (Å²) in [6, 6.07) is 19.8. The molecule has 1 heterocycles. The van der Waals surface area contributed by atoms with Crippen LogP contribution in [0.5, 0.6) is 0 Å². The van der Waals surface area contributed by atoms with Gasteiger partial charge in [-0.3, -0.25) is 0 Å². The maximum Gasteiger partial charge on any atom is 0.0931 e. The van der Waals surface area contributed by atoms with Crippen molar-refractivity contribution in [3.05, 3.63) is 129 Å². The number of para-hydroxylation sites is 1. The van der Waals surface area contributed by atoms with E-state index in [2.05, 4.69) is 124 Å². The van der Waals surface area contributed by atoms with Crippen molar-refractivity contribution in [2.45, 2.75) is 39.4 Å². The lowest BCUT2D eigenvalue weighted by atomic mass is 9.89. The summed E-state index contributed by atoms with van der Waals surface area (Å²) >= 11 is 0. The number of allylic oxidation sites excluding steroid dienone is 9. The van der Waals surface area contributed by atoms with Gasteiger partial charge in [-0.2, -0.15) is 0 Å². The highest BCUT2D eigenvalue weighted by atomic mass is 28.3. The number of fused-ring (bicyclic) bond motifs is 3. The summed E-state index contributed by atoms with van der Waals surface area (Å²) in [6.07, 6.45) is 12.3. The Morgan fingerprint density at radius 2 is 1.58 bits per heavy atom. The zero-order chi connectivity index (χ0) is 22.9. The second kappa shape index (κ2) is 7.20. The number of hydrogen-bond acceptors (Lipinski definition) is 1. The first-order valence-electron chi connectivity index (χ1n) is 12.0. The van der Waals surface area contributed by atoms with Gasteiger partial charge < -0.3 is 4.90 Å². The fourth-order valence-electron chi connectivity index (χ4n) is 6.49. The van der Waals surface area contributed by atoms with Crippen LogP contribution in [0.3, 0.4) is 0 Å². The Morgan fingerprint density at radius 3 is 2.36 bits per heavy atom. The van der Waals surface area contributed by atoms with E-state index in [1.54, 1.807) is 5.20 Å². The van der Waals surface area contributed by atoms with E-state index in [1.807, 2.05) is 0 Å². The number of benzene rings is 2. The number of rotatable bonds is 3. The van der Waals surface area contributed by atoms with Crippen LogP contribution in [0.4, 0.5) is 5.69 Å². The van der Waals surface area contributed by atoms with Gasteiger partial charge in [-0.25, -0.2) is 0 Å². The lowest BCUT2D eigenvalue weighted by molar-refractivity contribution is 0.896. The lowest BCUT2D eigenvalue weighted by Crippen LogP contribution is -2.37. The van der Waals surface area contributed by atoms with Gasteiger partial charge in [-0.1, -0.05) is 85.4 Å². The minimum atomic E-state index is -1.83. The molecule has 2 unspecified atom stereocenters. The van der Waals surface area contributed by atoms with Crippen molar-refractivity contribution in [2.24, 2.45) is 5.92 Å². The predicted octanol–water partition coefficient (Wildman–Crippen LogP) is 8.09. The van der Waals surface area contributed by atoms with Crippen molar-refractivity contribution in [1.82, 2.24) is 0 Å². The minimum Gasteiger partial charge on any atom is -0.317 e. The first kappa shape index (κ1) is 20.5. The summed E-state index contributed by atoms with van der Waals surface area (Å²) in [4.78, 5) is 2.48. The Bertz CT molecular complexity index is 1360. The van der Waals surface area contributed by atoms with Gasteiger partial charge in [-0.05, 0) is 72.0 Å². The van der Waals surface area contributed by atoms with Crippen molar-refractivity contribution in [3.8, 4) is 0 Å². The zero-order valence-corrected chi connectivity index (χ0v) is 21.2. The third-order valence-electron chi connectivity index (χ3n) is 8.17. The molecule has 0 saturated heterocycles. The highest BCUT2D eigenvalue weighted by molar-refractivity contribution is 6.87. The van der Waals surface area contributed by atoms with Crippen LogP contribution in [0.1, 0.15) is 37.4 Å². The number of anilines is 1. The van der Waals surface area contributed by atoms with E-state index in [-0.39, 0.29) is 0 Å². The van der Waals surface area contributed by atoms with Crippen molar-refractivity contribution in [3.63, 3.8) is 0 Å². The summed E-state index contributed by atoms with van der Waals surface area (Å²) in [5.74, 6) is 0.365. The molecule has 1 nitrogen and oxygen atoms in total. The molecule has 2 heteroatoms. The molecule has 0 spiro atoms. The maximum atomic E-state index is 2.57. The second-order valence-electron chi connectivity index (χ2n) is 10.4. The molecule has 2 atom stereocenters. The first-order valence-corrected chi connectivity index (χ1v) is 15.1. The molecule has 3 aliphatic carbocycles. The van der Waals surface area contributed by atoms with Crippen LogP contribution < -0.4 is 4.90 Å². The van der Waals surface area contributed by atoms with Gasteiger partial charge in [0, 0.05) is 28.5 Å².